The summed E-state index contributed by atoms with van der Waals surface area (Å²) in [5.74, 6) is 2.57. The van der Waals surface area contributed by atoms with Crippen molar-refractivity contribution in [2.24, 2.45) is 0 Å². The Labute approximate surface area is 192 Å². The van der Waals surface area contributed by atoms with Gasteiger partial charge in [0.05, 0.1) is 4.88 Å². The second-order valence-electron chi connectivity index (χ2n) is 8.38. The summed E-state index contributed by atoms with van der Waals surface area (Å²) in [6.45, 7) is 7.93. The summed E-state index contributed by atoms with van der Waals surface area (Å²) in [4.78, 5) is 29.0. The highest BCUT2D eigenvalue weighted by atomic mass is 32.1. The summed E-state index contributed by atoms with van der Waals surface area (Å²) in [5, 5.41) is 4.26. The number of thiazole rings is 1. The molecule has 1 N–H and O–H groups in total. The van der Waals surface area contributed by atoms with Crippen LogP contribution in [0.3, 0.4) is 0 Å². The van der Waals surface area contributed by atoms with Crippen LogP contribution < -0.4 is 15.1 Å². The van der Waals surface area contributed by atoms with Crippen molar-refractivity contribution >= 4 is 34.1 Å². The minimum absolute atomic E-state index is 0.790. The van der Waals surface area contributed by atoms with Crippen LogP contribution in [0.25, 0.3) is 10.4 Å². The molecule has 0 aliphatic carbocycles. The van der Waals surface area contributed by atoms with E-state index in [4.69, 9.17) is 9.97 Å². The number of aromatic nitrogens is 4. The zero-order valence-electron chi connectivity index (χ0n) is 18.6. The van der Waals surface area contributed by atoms with Gasteiger partial charge < -0.3 is 24.9 Å². The number of anilines is 4. The molecule has 0 aromatic carbocycles. The van der Waals surface area contributed by atoms with Crippen LogP contribution in [0, 0.1) is 0 Å². The van der Waals surface area contributed by atoms with Crippen LogP contribution in [-0.4, -0.2) is 96.2 Å². The Morgan fingerprint density at radius 1 is 0.844 bits per heavy atom. The van der Waals surface area contributed by atoms with Gasteiger partial charge in [0.15, 0.2) is 5.13 Å². The van der Waals surface area contributed by atoms with E-state index in [-0.39, 0.29) is 0 Å². The normalized spacial score (nSPS) is 18.2. The van der Waals surface area contributed by atoms with Crippen LogP contribution in [0.2, 0.25) is 0 Å². The first-order chi connectivity index (χ1) is 15.6. The van der Waals surface area contributed by atoms with Gasteiger partial charge in [-0.3, -0.25) is 4.98 Å². The van der Waals surface area contributed by atoms with Crippen molar-refractivity contribution in [3.05, 3.63) is 36.8 Å². The van der Waals surface area contributed by atoms with Crippen LogP contribution in [0.15, 0.2) is 36.8 Å². The van der Waals surface area contributed by atoms with Gasteiger partial charge in [-0.05, 0) is 31.8 Å². The van der Waals surface area contributed by atoms with Crippen LogP contribution in [-0.2, 0) is 0 Å². The standard InChI is InChI=1S/C22H29N9S/c1-28-7-11-30(12-8-28)20-15-19(25-21(27-20)31-13-9-29(2)10-14-31)26-22-24-16-18(32-22)17-3-5-23-6-4-17/h3-6,15-16H,7-14H2,1-2H3,(H,24,25,26,27). The van der Waals surface area contributed by atoms with Crippen molar-refractivity contribution < 1.29 is 0 Å². The first-order valence-corrected chi connectivity index (χ1v) is 11.8. The third-order valence-corrected chi connectivity index (χ3v) is 6.98. The summed E-state index contributed by atoms with van der Waals surface area (Å²) in [7, 11) is 4.33. The number of nitrogens with one attached hydrogen (secondary N) is 1. The average molecular weight is 452 g/mol. The molecule has 0 atom stereocenters. The highest BCUT2D eigenvalue weighted by molar-refractivity contribution is 7.18. The predicted octanol–water partition coefficient (Wildman–Crippen LogP) is 2.24. The molecular weight excluding hydrogens is 422 g/mol. The lowest BCUT2D eigenvalue weighted by molar-refractivity contribution is 0.309. The van der Waals surface area contributed by atoms with Gasteiger partial charge in [0.1, 0.15) is 11.6 Å². The number of pyridine rings is 1. The van der Waals surface area contributed by atoms with E-state index >= 15 is 0 Å². The van der Waals surface area contributed by atoms with Gasteiger partial charge >= 0.3 is 0 Å². The average Bonchev–Trinajstić information content (AvgIpc) is 3.29. The van der Waals surface area contributed by atoms with Gasteiger partial charge in [-0.25, -0.2) is 4.98 Å². The molecule has 2 fully saturated rings. The molecule has 0 saturated carbocycles. The molecule has 5 heterocycles. The maximum absolute atomic E-state index is 4.96. The summed E-state index contributed by atoms with van der Waals surface area (Å²) in [5.41, 5.74) is 1.12. The lowest BCUT2D eigenvalue weighted by Crippen LogP contribution is -2.46. The van der Waals surface area contributed by atoms with Crippen LogP contribution >= 0.6 is 11.3 Å². The molecule has 168 valence electrons. The highest BCUT2D eigenvalue weighted by Gasteiger charge is 2.21. The molecule has 0 bridgehead atoms. The first-order valence-electron chi connectivity index (χ1n) is 11.0. The summed E-state index contributed by atoms with van der Waals surface area (Å²) >= 11 is 1.61. The number of hydrogen-bond acceptors (Lipinski definition) is 10. The van der Waals surface area contributed by atoms with E-state index in [9.17, 15) is 0 Å². The first kappa shape index (κ1) is 21.0. The monoisotopic (exact) mass is 451 g/mol. The molecule has 3 aromatic heterocycles. The lowest BCUT2D eigenvalue weighted by Gasteiger charge is -2.35. The molecule has 0 radical (unpaired) electrons. The predicted molar refractivity (Wildman–Crippen MR) is 130 cm³/mol. The van der Waals surface area contributed by atoms with Crippen molar-refractivity contribution in [1.29, 1.82) is 0 Å². The fourth-order valence-electron chi connectivity index (χ4n) is 3.92. The SMILES string of the molecule is CN1CCN(c2cc(Nc3ncc(-c4ccncc4)s3)nc(N3CCN(C)CC3)n2)CC1. The van der Waals surface area contributed by atoms with Gasteiger partial charge in [-0.2, -0.15) is 9.97 Å². The van der Waals surface area contributed by atoms with E-state index in [0.717, 1.165) is 85.5 Å². The van der Waals surface area contributed by atoms with Crippen molar-refractivity contribution in [2.45, 2.75) is 0 Å². The molecule has 32 heavy (non-hydrogen) atoms. The number of nitrogens with zero attached hydrogens (tertiary/aromatic N) is 8. The largest absolute Gasteiger partial charge is 0.354 e. The van der Waals surface area contributed by atoms with Gasteiger partial charge in [0.2, 0.25) is 5.95 Å². The second kappa shape index (κ2) is 9.35. The molecule has 3 aromatic rings. The molecule has 0 amide bonds. The quantitative estimate of drug-likeness (QED) is 0.628. The summed E-state index contributed by atoms with van der Waals surface area (Å²) < 4.78 is 0. The minimum Gasteiger partial charge on any atom is -0.354 e. The van der Waals surface area contributed by atoms with E-state index in [2.05, 4.69) is 55.0 Å². The van der Waals surface area contributed by atoms with E-state index < -0.39 is 0 Å². The maximum Gasteiger partial charge on any atom is 0.229 e. The summed E-state index contributed by atoms with van der Waals surface area (Å²) in [6, 6.07) is 6.05. The van der Waals surface area contributed by atoms with Gasteiger partial charge in [-0.1, -0.05) is 11.3 Å². The highest BCUT2D eigenvalue weighted by Crippen LogP contribution is 2.31. The Bertz CT molecular complexity index is 985. The van der Waals surface area contributed by atoms with Gasteiger partial charge in [0, 0.05) is 77.0 Å². The van der Waals surface area contributed by atoms with E-state index in [1.807, 2.05) is 18.3 Å². The van der Waals surface area contributed by atoms with Crippen molar-refractivity contribution in [2.75, 3.05) is 81.6 Å². The molecule has 9 nitrogen and oxygen atoms in total. The molecule has 2 saturated heterocycles. The zero-order chi connectivity index (χ0) is 21.9. The van der Waals surface area contributed by atoms with E-state index in [0.29, 0.717) is 0 Å². The third-order valence-electron chi connectivity index (χ3n) is 6.02. The Morgan fingerprint density at radius 2 is 1.50 bits per heavy atom. The molecule has 0 spiro atoms. The number of likely N-dealkylation sites (N-methyl/N-ethyl adjacent to an activating group) is 2. The Kier molecular flexibility index (Phi) is 6.15. The van der Waals surface area contributed by atoms with Gasteiger partial charge in [0.25, 0.3) is 0 Å². The number of rotatable bonds is 5. The van der Waals surface area contributed by atoms with Crippen LogP contribution in [0.1, 0.15) is 0 Å². The smallest absolute Gasteiger partial charge is 0.229 e. The second-order valence-corrected chi connectivity index (χ2v) is 9.41. The molecule has 2 aliphatic heterocycles. The van der Waals surface area contributed by atoms with E-state index in [1.54, 1.807) is 23.7 Å². The minimum atomic E-state index is 0.790. The Hall–Kier alpha value is -2.82. The molecule has 10 heteroatoms. The maximum atomic E-state index is 4.96. The topological polar surface area (TPSA) is 76.6 Å². The molecule has 0 unspecified atom stereocenters. The third kappa shape index (κ3) is 4.82. The molecular formula is C22H29N9S. The Balaban J connectivity index is 1.41. The zero-order valence-corrected chi connectivity index (χ0v) is 19.4. The lowest BCUT2D eigenvalue weighted by atomic mass is 10.2. The van der Waals surface area contributed by atoms with Crippen LogP contribution in [0.5, 0.6) is 0 Å². The molecule has 2 aliphatic rings. The van der Waals surface area contributed by atoms with Crippen molar-refractivity contribution in [3.8, 4) is 10.4 Å². The van der Waals surface area contributed by atoms with E-state index in [1.165, 1.54) is 0 Å². The summed E-state index contributed by atoms with van der Waals surface area (Å²) in [6.07, 6.45) is 5.50. The van der Waals surface area contributed by atoms with Crippen LogP contribution in [0.4, 0.5) is 22.7 Å². The van der Waals surface area contributed by atoms with Gasteiger partial charge in [-0.15, -0.1) is 0 Å². The fourth-order valence-corrected chi connectivity index (χ4v) is 4.75. The fraction of sp³-hybridized carbons (Fsp3) is 0.455. The van der Waals surface area contributed by atoms with Crippen molar-refractivity contribution in [1.82, 2.24) is 29.7 Å². The number of piperazine rings is 2. The van der Waals surface area contributed by atoms with Crippen molar-refractivity contribution in [3.63, 3.8) is 0 Å². The molecule has 5 rings (SSSR count). The number of hydrogen-bond donors (Lipinski definition) is 1. The Morgan fingerprint density at radius 3 is 2.19 bits per heavy atom.